The van der Waals surface area contributed by atoms with Crippen molar-refractivity contribution in [1.29, 1.82) is 0 Å². The second kappa shape index (κ2) is 7.51. The number of aromatic amines is 1. The molecule has 2 N–H and O–H groups in total. The van der Waals surface area contributed by atoms with Crippen LogP contribution in [0.1, 0.15) is 5.56 Å². The van der Waals surface area contributed by atoms with Gasteiger partial charge in [-0.1, -0.05) is 41.1 Å². The number of H-pyrrole nitrogens is 1. The smallest absolute Gasteiger partial charge is 0.234 e. The number of halogens is 1. The summed E-state index contributed by atoms with van der Waals surface area (Å²) in [5.74, 6) is 0.793. The van der Waals surface area contributed by atoms with Crippen molar-refractivity contribution < 1.29 is 4.79 Å². The Morgan fingerprint density at radius 2 is 1.88 bits per heavy atom. The number of nitrogens with one attached hydrogen (secondary N) is 2. The van der Waals surface area contributed by atoms with Crippen molar-refractivity contribution >= 4 is 35.0 Å². The molecule has 0 spiro atoms. The zero-order valence-electron chi connectivity index (χ0n) is 12.9. The number of anilines is 1. The molecular weight excluding hydrogens is 344 g/mol. The van der Waals surface area contributed by atoms with Gasteiger partial charge in [0.25, 0.3) is 0 Å². The van der Waals surface area contributed by atoms with E-state index < -0.39 is 0 Å². The Bertz CT molecular complexity index is 831. The number of hydrogen-bond donors (Lipinski definition) is 2. The summed E-state index contributed by atoms with van der Waals surface area (Å²) in [5.41, 5.74) is 2.82. The molecule has 3 rings (SSSR count). The third-order valence-corrected chi connectivity index (χ3v) is 4.35. The fourth-order valence-corrected chi connectivity index (χ4v) is 2.74. The summed E-state index contributed by atoms with van der Waals surface area (Å²) in [5, 5.41) is 11.0. The minimum Gasteiger partial charge on any atom is -0.325 e. The minimum absolute atomic E-state index is 0.0957. The monoisotopic (exact) mass is 358 g/mol. The first kappa shape index (κ1) is 16.5. The molecule has 0 saturated heterocycles. The number of carbonyl (C=O) groups excluding carboxylic acids is 1. The lowest BCUT2D eigenvalue weighted by atomic mass is 10.2. The maximum atomic E-state index is 12.0. The highest BCUT2D eigenvalue weighted by atomic mass is 35.5. The molecule has 24 heavy (non-hydrogen) atoms. The highest BCUT2D eigenvalue weighted by Crippen LogP contribution is 2.21. The molecule has 1 heterocycles. The van der Waals surface area contributed by atoms with Gasteiger partial charge in [-0.25, -0.2) is 4.98 Å². The third kappa shape index (κ3) is 4.37. The van der Waals surface area contributed by atoms with E-state index in [9.17, 15) is 4.79 Å². The van der Waals surface area contributed by atoms with Gasteiger partial charge in [-0.05, 0) is 43.3 Å². The Morgan fingerprint density at radius 1 is 1.17 bits per heavy atom. The number of thioether (sulfide) groups is 1. The summed E-state index contributed by atoms with van der Waals surface area (Å²) in [6.07, 6.45) is 0. The maximum Gasteiger partial charge on any atom is 0.234 e. The van der Waals surface area contributed by atoms with Crippen LogP contribution in [0.15, 0.2) is 53.7 Å². The van der Waals surface area contributed by atoms with Crippen molar-refractivity contribution in [1.82, 2.24) is 15.2 Å². The van der Waals surface area contributed by atoms with Crippen LogP contribution in [0.3, 0.4) is 0 Å². The van der Waals surface area contributed by atoms with Crippen LogP contribution in [0.25, 0.3) is 11.4 Å². The van der Waals surface area contributed by atoms with Crippen LogP contribution in [0.5, 0.6) is 0 Å². The lowest BCUT2D eigenvalue weighted by Gasteiger charge is -2.04. The molecule has 122 valence electrons. The lowest BCUT2D eigenvalue weighted by molar-refractivity contribution is -0.113. The van der Waals surface area contributed by atoms with Gasteiger partial charge in [-0.3, -0.25) is 9.89 Å². The van der Waals surface area contributed by atoms with Crippen molar-refractivity contribution in [2.24, 2.45) is 0 Å². The molecule has 0 aliphatic heterocycles. The largest absolute Gasteiger partial charge is 0.325 e. The minimum atomic E-state index is -0.0957. The van der Waals surface area contributed by atoms with E-state index in [4.69, 9.17) is 11.6 Å². The molecule has 0 unspecified atom stereocenters. The highest BCUT2D eigenvalue weighted by Gasteiger charge is 2.09. The Hall–Kier alpha value is -2.31. The van der Waals surface area contributed by atoms with E-state index in [-0.39, 0.29) is 11.7 Å². The van der Waals surface area contributed by atoms with E-state index in [1.807, 2.05) is 43.3 Å². The van der Waals surface area contributed by atoms with Crippen LogP contribution >= 0.6 is 23.4 Å². The number of aromatic nitrogens is 3. The van der Waals surface area contributed by atoms with Crippen LogP contribution in [-0.2, 0) is 4.79 Å². The SMILES string of the molecule is Cc1ccc(NC(=O)CSc2n[nH]c(-c3ccc(Cl)cc3)n2)cc1. The average molecular weight is 359 g/mol. The number of nitrogens with zero attached hydrogens (tertiary/aromatic N) is 2. The Kier molecular flexibility index (Phi) is 5.17. The number of rotatable bonds is 5. The van der Waals surface area contributed by atoms with Crippen molar-refractivity contribution in [2.75, 3.05) is 11.1 Å². The van der Waals surface area contributed by atoms with Gasteiger partial charge in [0.2, 0.25) is 11.1 Å². The van der Waals surface area contributed by atoms with E-state index in [2.05, 4.69) is 20.5 Å². The first-order chi connectivity index (χ1) is 11.6. The van der Waals surface area contributed by atoms with Crippen LogP contribution in [-0.4, -0.2) is 26.8 Å². The van der Waals surface area contributed by atoms with E-state index in [1.165, 1.54) is 11.8 Å². The van der Waals surface area contributed by atoms with Crippen molar-refractivity contribution in [3.8, 4) is 11.4 Å². The quantitative estimate of drug-likeness (QED) is 0.672. The zero-order chi connectivity index (χ0) is 16.9. The van der Waals surface area contributed by atoms with E-state index >= 15 is 0 Å². The standard InChI is InChI=1S/C17H15ClN4OS/c1-11-2-8-14(9-3-11)19-15(23)10-24-17-20-16(21-22-17)12-4-6-13(18)7-5-12/h2-9H,10H2,1H3,(H,19,23)(H,20,21,22). The number of amides is 1. The summed E-state index contributed by atoms with van der Waals surface area (Å²) in [4.78, 5) is 16.3. The van der Waals surface area contributed by atoms with Crippen LogP contribution in [0.2, 0.25) is 5.02 Å². The first-order valence-corrected chi connectivity index (χ1v) is 8.64. The van der Waals surface area contributed by atoms with Gasteiger partial charge in [0.15, 0.2) is 5.82 Å². The summed E-state index contributed by atoms with van der Waals surface area (Å²) in [6.45, 7) is 2.00. The van der Waals surface area contributed by atoms with Crippen LogP contribution < -0.4 is 5.32 Å². The maximum absolute atomic E-state index is 12.0. The molecule has 3 aromatic rings. The summed E-state index contributed by atoms with van der Waals surface area (Å²) in [6, 6.07) is 15.0. The molecule has 0 atom stereocenters. The van der Waals surface area contributed by atoms with Crippen LogP contribution in [0.4, 0.5) is 5.69 Å². The fourth-order valence-electron chi connectivity index (χ4n) is 2.01. The average Bonchev–Trinajstić information content (AvgIpc) is 3.05. The topological polar surface area (TPSA) is 70.7 Å². The summed E-state index contributed by atoms with van der Waals surface area (Å²) < 4.78 is 0. The van der Waals surface area contributed by atoms with Crippen molar-refractivity contribution in [2.45, 2.75) is 12.1 Å². The zero-order valence-corrected chi connectivity index (χ0v) is 14.5. The molecule has 0 bridgehead atoms. The molecule has 0 radical (unpaired) electrons. The van der Waals surface area contributed by atoms with Crippen LogP contribution in [0, 0.1) is 6.92 Å². The predicted molar refractivity (Wildman–Crippen MR) is 97.4 cm³/mol. The van der Waals surface area contributed by atoms with Crippen molar-refractivity contribution in [3.05, 3.63) is 59.1 Å². The molecule has 2 aromatic carbocycles. The molecule has 0 saturated carbocycles. The number of hydrogen-bond acceptors (Lipinski definition) is 4. The van der Waals surface area contributed by atoms with Gasteiger partial charge in [-0.15, -0.1) is 5.10 Å². The lowest BCUT2D eigenvalue weighted by Crippen LogP contribution is -2.14. The van der Waals surface area contributed by atoms with E-state index in [0.29, 0.717) is 16.0 Å². The molecule has 0 aliphatic carbocycles. The number of carbonyl (C=O) groups is 1. The summed E-state index contributed by atoms with van der Waals surface area (Å²) >= 11 is 7.15. The second-order valence-corrected chi connectivity index (χ2v) is 6.56. The van der Waals surface area contributed by atoms with E-state index in [1.54, 1.807) is 12.1 Å². The Balaban J connectivity index is 1.56. The Labute approximate surface area is 148 Å². The van der Waals surface area contributed by atoms with Gasteiger partial charge >= 0.3 is 0 Å². The summed E-state index contributed by atoms with van der Waals surface area (Å²) in [7, 11) is 0. The Morgan fingerprint density at radius 3 is 2.58 bits per heavy atom. The highest BCUT2D eigenvalue weighted by molar-refractivity contribution is 7.99. The van der Waals surface area contributed by atoms with Gasteiger partial charge < -0.3 is 5.32 Å². The molecular formula is C17H15ClN4OS. The predicted octanol–water partition coefficient (Wildman–Crippen LogP) is 4.16. The molecule has 0 fully saturated rings. The molecule has 0 aliphatic rings. The first-order valence-electron chi connectivity index (χ1n) is 7.28. The number of benzene rings is 2. The number of aryl methyl sites for hydroxylation is 1. The molecule has 1 aromatic heterocycles. The van der Waals surface area contributed by atoms with Gasteiger partial charge in [0.1, 0.15) is 0 Å². The molecule has 7 heteroatoms. The fraction of sp³-hybridized carbons (Fsp3) is 0.118. The van der Waals surface area contributed by atoms with Crippen molar-refractivity contribution in [3.63, 3.8) is 0 Å². The van der Waals surface area contributed by atoms with E-state index in [0.717, 1.165) is 16.8 Å². The second-order valence-electron chi connectivity index (χ2n) is 5.18. The normalized spacial score (nSPS) is 10.6. The third-order valence-electron chi connectivity index (χ3n) is 3.25. The van der Waals surface area contributed by atoms with Gasteiger partial charge in [0, 0.05) is 16.3 Å². The van der Waals surface area contributed by atoms with Gasteiger partial charge in [0.05, 0.1) is 5.75 Å². The van der Waals surface area contributed by atoms with Gasteiger partial charge in [-0.2, -0.15) is 0 Å². The molecule has 1 amide bonds. The molecule has 5 nitrogen and oxygen atoms in total.